The lowest BCUT2D eigenvalue weighted by molar-refractivity contribution is 0.258. The van der Waals surface area contributed by atoms with Crippen LogP contribution in [0.15, 0.2) is 90.7 Å². The second kappa shape index (κ2) is 8.65. The number of aryl methyl sites for hydroxylation is 1. The summed E-state index contributed by atoms with van der Waals surface area (Å²) in [5.41, 5.74) is 4.62. The van der Waals surface area contributed by atoms with Gasteiger partial charge in [-0.3, -0.25) is 5.01 Å². The minimum atomic E-state index is 0.527. The molecule has 0 saturated heterocycles. The zero-order valence-corrected chi connectivity index (χ0v) is 16.7. The smallest absolute Gasteiger partial charge is 0.107 e. The van der Waals surface area contributed by atoms with Crippen molar-refractivity contribution in [1.82, 2.24) is 4.57 Å². The van der Waals surface area contributed by atoms with Gasteiger partial charge in [0, 0.05) is 28.4 Å². The summed E-state index contributed by atoms with van der Waals surface area (Å²) >= 11 is 0. The molecule has 4 rings (SSSR count). The van der Waals surface area contributed by atoms with Crippen molar-refractivity contribution in [3.63, 3.8) is 0 Å². The minimum Gasteiger partial charge on any atom is -0.500 e. The average molecular weight is 383 g/mol. The molecule has 0 spiro atoms. The van der Waals surface area contributed by atoms with E-state index in [-0.39, 0.29) is 0 Å². The number of hydrogen-bond donors (Lipinski definition) is 0. The van der Waals surface area contributed by atoms with Crippen molar-refractivity contribution < 1.29 is 4.74 Å². The maximum absolute atomic E-state index is 5.30. The van der Waals surface area contributed by atoms with E-state index in [0.29, 0.717) is 13.2 Å². The van der Waals surface area contributed by atoms with Crippen molar-refractivity contribution >= 4 is 33.7 Å². The van der Waals surface area contributed by atoms with Gasteiger partial charge < -0.3 is 9.30 Å². The molecule has 29 heavy (non-hydrogen) atoms. The molecule has 3 aromatic carbocycles. The first-order chi connectivity index (χ1) is 14.3. The summed E-state index contributed by atoms with van der Waals surface area (Å²) in [5.74, 6) is 0. The Kier molecular flexibility index (Phi) is 5.61. The highest BCUT2D eigenvalue weighted by Gasteiger charge is 2.09. The predicted molar refractivity (Wildman–Crippen MR) is 123 cm³/mol. The summed E-state index contributed by atoms with van der Waals surface area (Å²) in [5, 5.41) is 9.22. The number of nitrogens with zero attached hydrogens (tertiary/aromatic N) is 3. The fourth-order valence-corrected chi connectivity index (χ4v) is 3.70. The van der Waals surface area contributed by atoms with Crippen LogP contribution in [0.5, 0.6) is 0 Å². The molecule has 0 radical (unpaired) electrons. The minimum absolute atomic E-state index is 0.527. The summed E-state index contributed by atoms with van der Waals surface area (Å²) in [6, 6.07) is 25.2. The molecule has 0 fully saturated rings. The van der Waals surface area contributed by atoms with E-state index in [1.54, 1.807) is 0 Å². The molecule has 4 nitrogen and oxygen atoms in total. The molecule has 0 aliphatic heterocycles. The zero-order valence-electron chi connectivity index (χ0n) is 16.7. The number of hydrazone groups is 1. The third-order valence-corrected chi connectivity index (χ3v) is 5.05. The van der Waals surface area contributed by atoms with Crippen LogP contribution in [0, 0.1) is 0 Å². The maximum Gasteiger partial charge on any atom is 0.107 e. The van der Waals surface area contributed by atoms with Crippen LogP contribution in [0.2, 0.25) is 0 Å². The van der Waals surface area contributed by atoms with Crippen molar-refractivity contribution in [1.29, 1.82) is 0 Å². The van der Waals surface area contributed by atoms with E-state index in [9.17, 15) is 0 Å². The van der Waals surface area contributed by atoms with Crippen molar-refractivity contribution in [3.05, 3.63) is 91.2 Å². The van der Waals surface area contributed by atoms with E-state index in [4.69, 9.17) is 9.84 Å². The Balaban J connectivity index is 1.68. The lowest BCUT2D eigenvalue weighted by Gasteiger charge is -2.18. The van der Waals surface area contributed by atoms with Gasteiger partial charge in [-0.1, -0.05) is 49.0 Å². The normalized spacial score (nSPS) is 11.3. The molecule has 0 aliphatic rings. The Bertz CT molecular complexity index is 1140. The number of benzene rings is 3. The monoisotopic (exact) mass is 383 g/mol. The quantitative estimate of drug-likeness (QED) is 0.166. The Morgan fingerprint density at radius 3 is 2.52 bits per heavy atom. The Hall–Kier alpha value is -3.53. The summed E-state index contributed by atoms with van der Waals surface area (Å²) in [7, 11) is 0. The lowest BCUT2D eigenvalue weighted by atomic mass is 10.1. The van der Waals surface area contributed by atoms with Gasteiger partial charge >= 0.3 is 0 Å². The van der Waals surface area contributed by atoms with E-state index in [1.165, 1.54) is 28.1 Å². The van der Waals surface area contributed by atoms with Gasteiger partial charge in [0.25, 0.3) is 0 Å². The van der Waals surface area contributed by atoms with Crippen LogP contribution in [0.1, 0.15) is 12.5 Å². The van der Waals surface area contributed by atoms with Crippen molar-refractivity contribution in [2.45, 2.75) is 13.5 Å². The molecule has 1 aromatic heterocycles. The van der Waals surface area contributed by atoms with E-state index in [2.05, 4.69) is 60.5 Å². The number of rotatable bonds is 8. The lowest BCUT2D eigenvalue weighted by Crippen LogP contribution is -2.21. The van der Waals surface area contributed by atoms with E-state index in [0.717, 1.165) is 17.8 Å². The number of fused-ring (bicyclic) bond motifs is 3. The van der Waals surface area contributed by atoms with Crippen molar-refractivity contribution in [3.8, 4) is 0 Å². The van der Waals surface area contributed by atoms with Gasteiger partial charge in [-0.25, -0.2) is 0 Å². The van der Waals surface area contributed by atoms with Crippen LogP contribution in [0.25, 0.3) is 21.8 Å². The maximum atomic E-state index is 5.30. The molecule has 0 atom stereocenters. The van der Waals surface area contributed by atoms with Crippen LogP contribution in [-0.4, -0.2) is 23.9 Å². The van der Waals surface area contributed by atoms with Crippen LogP contribution in [0.3, 0.4) is 0 Å². The molecule has 4 aromatic rings. The predicted octanol–water partition coefficient (Wildman–Crippen LogP) is 5.82. The Morgan fingerprint density at radius 1 is 0.966 bits per heavy atom. The Morgan fingerprint density at radius 2 is 1.72 bits per heavy atom. The van der Waals surface area contributed by atoms with Crippen LogP contribution < -0.4 is 5.01 Å². The van der Waals surface area contributed by atoms with E-state index in [1.807, 2.05) is 41.6 Å². The summed E-state index contributed by atoms with van der Waals surface area (Å²) in [6.07, 6.45) is 3.38. The molecule has 0 bridgehead atoms. The van der Waals surface area contributed by atoms with Crippen LogP contribution in [0.4, 0.5) is 5.69 Å². The van der Waals surface area contributed by atoms with Crippen molar-refractivity contribution in [2.24, 2.45) is 5.10 Å². The summed E-state index contributed by atoms with van der Waals surface area (Å²) in [4.78, 5) is 0. The van der Waals surface area contributed by atoms with Gasteiger partial charge in [-0.15, -0.1) is 0 Å². The van der Waals surface area contributed by atoms with Crippen LogP contribution >= 0.6 is 0 Å². The number of aromatic nitrogens is 1. The second-order valence-corrected chi connectivity index (χ2v) is 6.78. The molecule has 0 aliphatic carbocycles. The molecule has 0 saturated carbocycles. The van der Waals surface area contributed by atoms with Gasteiger partial charge in [0.1, 0.15) is 6.61 Å². The molecule has 146 valence electrons. The first kappa shape index (κ1) is 18.8. The first-order valence-electron chi connectivity index (χ1n) is 9.92. The largest absolute Gasteiger partial charge is 0.500 e. The highest BCUT2D eigenvalue weighted by molar-refractivity contribution is 6.09. The van der Waals surface area contributed by atoms with Gasteiger partial charge in [0.05, 0.1) is 24.7 Å². The standard InChI is InChI=1S/C25H25N3O/c1-3-27-24-13-9-8-12-22(24)23-18-20(14-15-25(23)27)19-26-28(16-17-29-4-2)21-10-6-5-7-11-21/h4-15,18-19H,2-3,16-17H2,1H3/b26-19+. The number of para-hydroxylation sites is 2. The fourth-order valence-electron chi connectivity index (χ4n) is 3.70. The topological polar surface area (TPSA) is 29.8 Å². The zero-order chi connectivity index (χ0) is 20.1. The molecular weight excluding hydrogens is 358 g/mol. The van der Waals surface area contributed by atoms with Crippen molar-refractivity contribution in [2.75, 3.05) is 18.2 Å². The van der Waals surface area contributed by atoms with Gasteiger partial charge in [0.2, 0.25) is 0 Å². The van der Waals surface area contributed by atoms with Gasteiger partial charge in [-0.05, 0) is 42.8 Å². The second-order valence-electron chi connectivity index (χ2n) is 6.78. The number of ether oxygens (including phenoxy) is 1. The third-order valence-electron chi connectivity index (χ3n) is 5.05. The average Bonchev–Trinajstić information content (AvgIpc) is 3.10. The Labute approximate surface area is 171 Å². The van der Waals surface area contributed by atoms with E-state index >= 15 is 0 Å². The summed E-state index contributed by atoms with van der Waals surface area (Å²) < 4.78 is 7.66. The highest BCUT2D eigenvalue weighted by Crippen LogP contribution is 2.29. The molecule has 0 amide bonds. The SMILES string of the molecule is C=COCCN(/N=C/c1ccc2c(c1)c1ccccc1n2CC)c1ccccc1. The highest BCUT2D eigenvalue weighted by atomic mass is 16.5. The number of anilines is 1. The molecule has 0 unspecified atom stereocenters. The molecule has 0 N–H and O–H groups in total. The van der Waals surface area contributed by atoms with Gasteiger partial charge in [-0.2, -0.15) is 5.10 Å². The third kappa shape index (κ3) is 3.87. The molecule has 4 heteroatoms. The first-order valence-corrected chi connectivity index (χ1v) is 9.92. The van der Waals surface area contributed by atoms with Gasteiger partial charge in [0.15, 0.2) is 0 Å². The number of hydrogen-bond acceptors (Lipinski definition) is 3. The molecular formula is C25H25N3O. The molecule has 1 heterocycles. The van der Waals surface area contributed by atoms with Crippen LogP contribution in [-0.2, 0) is 11.3 Å². The summed E-state index contributed by atoms with van der Waals surface area (Å²) in [6.45, 7) is 7.91. The van der Waals surface area contributed by atoms with E-state index < -0.39 is 0 Å². The fraction of sp³-hybridized carbons (Fsp3) is 0.160.